The summed E-state index contributed by atoms with van der Waals surface area (Å²) in [4.78, 5) is 0. The van der Waals surface area contributed by atoms with E-state index in [2.05, 4.69) is 31.2 Å². The first kappa shape index (κ1) is 12.9. The number of benzene rings is 1. The second-order valence-electron chi connectivity index (χ2n) is 4.80. The Bertz CT molecular complexity index is 327. The van der Waals surface area contributed by atoms with Crippen LogP contribution in [0, 0.1) is 0 Å². The second kappa shape index (κ2) is 6.42. The van der Waals surface area contributed by atoms with Crippen LogP contribution in [-0.4, -0.2) is 12.7 Å². The molecule has 1 fully saturated rings. The van der Waals surface area contributed by atoms with E-state index in [0.29, 0.717) is 0 Å². The quantitative estimate of drug-likeness (QED) is 0.702. The lowest BCUT2D eigenvalue weighted by atomic mass is 10.0. The molecule has 0 saturated carbocycles. The summed E-state index contributed by atoms with van der Waals surface area (Å²) in [5, 5.41) is 0.0118. The monoisotopic (exact) mass is 252 g/mol. The van der Waals surface area contributed by atoms with Crippen LogP contribution in [0.15, 0.2) is 24.3 Å². The molecule has 1 heterocycles. The van der Waals surface area contributed by atoms with E-state index in [1.54, 1.807) is 0 Å². The van der Waals surface area contributed by atoms with Crippen LogP contribution in [0.25, 0.3) is 0 Å². The van der Waals surface area contributed by atoms with Crippen molar-refractivity contribution in [3.05, 3.63) is 35.4 Å². The molecule has 1 aliphatic rings. The fraction of sp³-hybridized carbons (Fsp3) is 0.600. The van der Waals surface area contributed by atoms with Gasteiger partial charge in [0.15, 0.2) is 0 Å². The Hall–Kier alpha value is -0.530. The Labute approximate surface area is 109 Å². The minimum Gasteiger partial charge on any atom is -0.376 e. The summed E-state index contributed by atoms with van der Waals surface area (Å²) in [5.41, 5.74) is 2.60. The predicted octanol–water partition coefficient (Wildman–Crippen LogP) is 4.49. The molecule has 2 rings (SSSR count). The molecule has 1 aromatic carbocycles. The Morgan fingerprint density at radius 1 is 1.35 bits per heavy atom. The lowest BCUT2D eigenvalue weighted by Gasteiger charge is -2.17. The highest BCUT2D eigenvalue weighted by molar-refractivity contribution is 6.21. The lowest BCUT2D eigenvalue weighted by Crippen LogP contribution is -2.12. The minimum atomic E-state index is 0.0118. The zero-order valence-electron chi connectivity index (χ0n) is 10.5. The fourth-order valence-corrected chi connectivity index (χ4v) is 2.64. The molecule has 0 N–H and O–H groups in total. The average Bonchev–Trinajstić information content (AvgIpc) is 2.90. The summed E-state index contributed by atoms with van der Waals surface area (Å²) >= 11 is 6.44. The molecule has 1 aliphatic heterocycles. The van der Waals surface area contributed by atoms with Gasteiger partial charge in [0, 0.05) is 6.61 Å². The van der Waals surface area contributed by atoms with Gasteiger partial charge < -0.3 is 4.74 Å². The van der Waals surface area contributed by atoms with Gasteiger partial charge in [0.2, 0.25) is 0 Å². The number of aryl methyl sites for hydroxylation is 1. The van der Waals surface area contributed by atoms with Crippen LogP contribution in [0.1, 0.15) is 49.1 Å². The lowest BCUT2D eigenvalue weighted by molar-refractivity contribution is 0.107. The van der Waals surface area contributed by atoms with Crippen molar-refractivity contribution in [1.29, 1.82) is 0 Å². The SMILES string of the molecule is CCCCc1ccc(C(Cl)C2CCCO2)cc1. The topological polar surface area (TPSA) is 9.23 Å². The maximum absolute atomic E-state index is 6.44. The summed E-state index contributed by atoms with van der Waals surface area (Å²) in [5.74, 6) is 0. The predicted molar refractivity (Wildman–Crippen MR) is 72.6 cm³/mol. The van der Waals surface area contributed by atoms with Crippen molar-refractivity contribution in [3.8, 4) is 0 Å². The van der Waals surface area contributed by atoms with Gasteiger partial charge in [0.05, 0.1) is 11.5 Å². The Kier molecular flexibility index (Phi) is 4.87. The molecule has 0 aliphatic carbocycles. The van der Waals surface area contributed by atoms with Crippen molar-refractivity contribution in [2.75, 3.05) is 6.61 Å². The highest BCUT2D eigenvalue weighted by atomic mass is 35.5. The van der Waals surface area contributed by atoms with Crippen molar-refractivity contribution >= 4 is 11.6 Å². The van der Waals surface area contributed by atoms with Crippen LogP contribution < -0.4 is 0 Å². The standard InChI is InChI=1S/C15H21ClO/c1-2-3-5-12-7-9-13(10-8-12)15(16)14-6-4-11-17-14/h7-10,14-15H,2-6,11H2,1H3. The second-order valence-corrected chi connectivity index (χ2v) is 5.27. The van der Waals surface area contributed by atoms with Crippen LogP contribution in [0.5, 0.6) is 0 Å². The molecule has 2 atom stereocenters. The van der Waals surface area contributed by atoms with Crippen LogP contribution in [-0.2, 0) is 11.2 Å². The van der Waals surface area contributed by atoms with Crippen molar-refractivity contribution in [1.82, 2.24) is 0 Å². The molecule has 0 bridgehead atoms. The van der Waals surface area contributed by atoms with Crippen molar-refractivity contribution in [2.24, 2.45) is 0 Å². The summed E-state index contributed by atoms with van der Waals surface area (Å²) in [7, 11) is 0. The first-order chi connectivity index (χ1) is 8.31. The highest BCUT2D eigenvalue weighted by Crippen LogP contribution is 2.32. The average molecular weight is 253 g/mol. The van der Waals surface area contributed by atoms with Crippen LogP contribution in [0.3, 0.4) is 0 Å². The molecule has 17 heavy (non-hydrogen) atoms. The zero-order valence-corrected chi connectivity index (χ0v) is 11.2. The van der Waals surface area contributed by atoms with E-state index in [4.69, 9.17) is 16.3 Å². The third kappa shape index (κ3) is 3.46. The number of halogens is 1. The van der Waals surface area contributed by atoms with Gasteiger partial charge in [-0.3, -0.25) is 0 Å². The molecule has 0 aromatic heterocycles. The minimum absolute atomic E-state index is 0.0118. The van der Waals surface area contributed by atoms with E-state index >= 15 is 0 Å². The van der Waals surface area contributed by atoms with E-state index in [0.717, 1.165) is 19.4 Å². The third-order valence-corrected chi connectivity index (χ3v) is 3.94. The molecule has 2 unspecified atom stereocenters. The van der Waals surface area contributed by atoms with Gasteiger partial charge in [-0.05, 0) is 36.8 Å². The zero-order chi connectivity index (χ0) is 12.1. The summed E-state index contributed by atoms with van der Waals surface area (Å²) < 4.78 is 5.63. The van der Waals surface area contributed by atoms with Gasteiger partial charge in [-0.2, -0.15) is 0 Å². The largest absolute Gasteiger partial charge is 0.376 e. The first-order valence-electron chi connectivity index (χ1n) is 6.65. The summed E-state index contributed by atoms with van der Waals surface area (Å²) in [6.07, 6.45) is 6.11. The number of alkyl halides is 1. The normalized spacial score (nSPS) is 21.6. The number of ether oxygens (including phenoxy) is 1. The molecule has 2 heteroatoms. The molecule has 1 aromatic rings. The van der Waals surface area contributed by atoms with Gasteiger partial charge in [0.1, 0.15) is 0 Å². The summed E-state index contributed by atoms with van der Waals surface area (Å²) in [6, 6.07) is 8.72. The van der Waals surface area contributed by atoms with Crippen molar-refractivity contribution in [3.63, 3.8) is 0 Å². The van der Waals surface area contributed by atoms with Gasteiger partial charge in [-0.25, -0.2) is 0 Å². The molecule has 1 nitrogen and oxygen atoms in total. The van der Waals surface area contributed by atoms with Gasteiger partial charge in [-0.15, -0.1) is 11.6 Å². The maximum Gasteiger partial charge on any atom is 0.0847 e. The van der Waals surface area contributed by atoms with Crippen molar-refractivity contribution in [2.45, 2.75) is 50.5 Å². The summed E-state index contributed by atoms with van der Waals surface area (Å²) in [6.45, 7) is 3.09. The first-order valence-corrected chi connectivity index (χ1v) is 7.09. The Balaban J connectivity index is 1.96. The molecule has 0 amide bonds. The molecular formula is C15H21ClO. The van der Waals surface area contributed by atoms with E-state index in [1.165, 1.54) is 30.4 Å². The highest BCUT2D eigenvalue weighted by Gasteiger charge is 2.25. The van der Waals surface area contributed by atoms with Crippen molar-refractivity contribution < 1.29 is 4.74 Å². The maximum atomic E-state index is 6.44. The smallest absolute Gasteiger partial charge is 0.0847 e. The van der Waals surface area contributed by atoms with E-state index in [-0.39, 0.29) is 11.5 Å². The number of rotatable bonds is 5. The van der Waals surface area contributed by atoms with Gasteiger partial charge in [-0.1, -0.05) is 37.6 Å². The molecular weight excluding hydrogens is 232 g/mol. The van der Waals surface area contributed by atoms with Gasteiger partial charge >= 0.3 is 0 Å². The fourth-order valence-electron chi connectivity index (χ4n) is 2.30. The molecule has 0 spiro atoms. The van der Waals surface area contributed by atoms with E-state index < -0.39 is 0 Å². The van der Waals surface area contributed by atoms with Gasteiger partial charge in [0.25, 0.3) is 0 Å². The van der Waals surface area contributed by atoms with Crippen LogP contribution in [0.4, 0.5) is 0 Å². The van der Waals surface area contributed by atoms with E-state index in [1.807, 2.05) is 0 Å². The van der Waals surface area contributed by atoms with Crippen LogP contribution in [0.2, 0.25) is 0 Å². The molecule has 0 radical (unpaired) electrons. The Morgan fingerprint density at radius 3 is 2.71 bits per heavy atom. The number of hydrogen-bond donors (Lipinski definition) is 0. The van der Waals surface area contributed by atoms with E-state index in [9.17, 15) is 0 Å². The van der Waals surface area contributed by atoms with Crippen LogP contribution >= 0.6 is 11.6 Å². The Morgan fingerprint density at radius 2 is 2.12 bits per heavy atom. The molecule has 1 saturated heterocycles. The number of hydrogen-bond acceptors (Lipinski definition) is 1. The third-order valence-electron chi connectivity index (χ3n) is 3.41. The molecule has 94 valence electrons. The number of unbranched alkanes of at least 4 members (excludes halogenated alkanes) is 1.